The fourth-order valence-corrected chi connectivity index (χ4v) is 1.17. The van der Waals surface area contributed by atoms with Crippen LogP contribution in [-0.4, -0.2) is 29.1 Å². The molecule has 0 saturated carbocycles. The molecular formula is C10H19NOS. The second-order valence-corrected chi connectivity index (χ2v) is 3.91. The Morgan fingerprint density at radius 3 is 2.46 bits per heavy atom. The van der Waals surface area contributed by atoms with E-state index in [4.69, 9.17) is 0 Å². The Kier molecular flexibility index (Phi) is 5.88. The van der Waals surface area contributed by atoms with Crippen molar-refractivity contribution in [2.24, 2.45) is 5.92 Å². The molecule has 0 bridgehead atoms. The van der Waals surface area contributed by atoms with E-state index in [0.29, 0.717) is 13.1 Å². The van der Waals surface area contributed by atoms with E-state index < -0.39 is 0 Å². The van der Waals surface area contributed by atoms with E-state index in [1.54, 1.807) is 11.0 Å². The standard InChI is InChI=1S/C10H19NOS/c1-5-7-11(6-2)10(12)9(13)8(3)4/h5,8-9,13H,1,6-7H2,2-4H3. The van der Waals surface area contributed by atoms with Gasteiger partial charge < -0.3 is 4.90 Å². The molecule has 76 valence electrons. The zero-order valence-electron chi connectivity index (χ0n) is 8.66. The van der Waals surface area contributed by atoms with Gasteiger partial charge in [-0.15, -0.1) is 6.58 Å². The SMILES string of the molecule is C=CCN(CC)C(=O)C(S)C(C)C. The number of nitrogens with zero attached hydrogens (tertiary/aromatic N) is 1. The van der Waals surface area contributed by atoms with Gasteiger partial charge in [0.1, 0.15) is 0 Å². The third kappa shape index (κ3) is 3.85. The van der Waals surface area contributed by atoms with Crippen LogP contribution in [0.15, 0.2) is 12.7 Å². The molecular weight excluding hydrogens is 182 g/mol. The summed E-state index contributed by atoms with van der Waals surface area (Å²) in [6, 6.07) is 0. The topological polar surface area (TPSA) is 20.3 Å². The van der Waals surface area contributed by atoms with E-state index in [1.807, 2.05) is 20.8 Å². The van der Waals surface area contributed by atoms with Crippen LogP contribution in [-0.2, 0) is 4.79 Å². The van der Waals surface area contributed by atoms with Crippen LogP contribution >= 0.6 is 12.6 Å². The summed E-state index contributed by atoms with van der Waals surface area (Å²) in [5.74, 6) is 0.371. The Hall–Kier alpha value is -0.440. The van der Waals surface area contributed by atoms with Crippen molar-refractivity contribution in [2.45, 2.75) is 26.0 Å². The molecule has 3 heteroatoms. The first-order chi connectivity index (χ1) is 6.04. The van der Waals surface area contributed by atoms with Gasteiger partial charge in [0.25, 0.3) is 0 Å². The van der Waals surface area contributed by atoms with E-state index in [1.165, 1.54) is 0 Å². The predicted molar refractivity (Wildman–Crippen MR) is 60.1 cm³/mol. The Bertz CT molecular complexity index is 180. The largest absolute Gasteiger partial charge is 0.338 e. The van der Waals surface area contributed by atoms with Crippen LogP contribution in [0.1, 0.15) is 20.8 Å². The van der Waals surface area contributed by atoms with E-state index >= 15 is 0 Å². The highest BCUT2D eigenvalue weighted by molar-refractivity contribution is 7.81. The maximum atomic E-state index is 11.7. The number of thiol groups is 1. The summed E-state index contributed by atoms with van der Waals surface area (Å²) in [6.45, 7) is 10.9. The lowest BCUT2D eigenvalue weighted by atomic mass is 10.1. The highest BCUT2D eigenvalue weighted by atomic mass is 32.1. The smallest absolute Gasteiger partial charge is 0.235 e. The molecule has 0 aromatic carbocycles. The fraction of sp³-hybridized carbons (Fsp3) is 0.700. The van der Waals surface area contributed by atoms with E-state index in [2.05, 4.69) is 19.2 Å². The molecule has 0 aliphatic rings. The molecule has 0 rings (SSSR count). The lowest BCUT2D eigenvalue weighted by Gasteiger charge is -2.24. The molecule has 0 aliphatic heterocycles. The van der Waals surface area contributed by atoms with E-state index in [-0.39, 0.29) is 17.1 Å². The summed E-state index contributed by atoms with van der Waals surface area (Å²) >= 11 is 4.28. The molecule has 0 aromatic heterocycles. The first-order valence-corrected chi connectivity index (χ1v) is 5.14. The normalized spacial score (nSPS) is 12.7. The zero-order valence-corrected chi connectivity index (χ0v) is 9.55. The molecule has 1 amide bonds. The van der Waals surface area contributed by atoms with Crippen molar-refractivity contribution in [1.82, 2.24) is 4.90 Å². The molecule has 1 unspecified atom stereocenters. The monoisotopic (exact) mass is 201 g/mol. The molecule has 13 heavy (non-hydrogen) atoms. The van der Waals surface area contributed by atoms with Crippen LogP contribution < -0.4 is 0 Å². The van der Waals surface area contributed by atoms with Gasteiger partial charge in [-0.2, -0.15) is 12.6 Å². The molecule has 1 atom stereocenters. The van der Waals surface area contributed by atoms with Crippen molar-refractivity contribution >= 4 is 18.5 Å². The average Bonchev–Trinajstić information content (AvgIpc) is 2.11. The van der Waals surface area contributed by atoms with Gasteiger partial charge in [0.15, 0.2) is 0 Å². The van der Waals surface area contributed by atoms with Gasteiger partial charge in [0, 0.05) is 13.1 Å². The maximum Gasteiger partial charge on any atom is 0.235 e. The lowest BCUT2D eigenvalue weighted by molar-refractivity contribution is -0.130. The number of likely N-dealkylation sites (N-methyl/N-ethyl adjacent to an activating group) is 1. The van der Waals surface area contributed by atoms with Crippen molar-refractivity contribution in [1.29, 1.82) is 0 Å². The fourth-order valence-electron chi connectivity index (χ4n) is 1.00. The molecule has 0 saturated heterocycles. The number of amides is 1. The zero-order chi connectivity index (χ0) is 10.4. The number of hydrogen-bond donors (Lipinski definition) is 1. The van der Waals surface area contributed by atoms with Crippen LogP contribution in [0.4, 0.5) is 0 Å². The third-order valence-corrected chi connectivity index (χ3v) is 2.74. The van der Waals surface area contributed by atoms with Crippen molar-refractivity contribution < 1.29 is 4.79 Å². The van der Waals surface area contributed by atoms with E-state index in [9.17, 15) is 4.79 Å². The highest BCUT2D eigenvalue weighted by Gasteiger charge is 2.21. The molecule has 0 N–H and O–H groups in total. The minimum Gasteiger partial charge on any atom is -0.338 e. The van der Waals surface area contributed by atoms with Gasteiger partial charge in [-0.05, 0) is 12.8 Å². The Morgan fingerprint density at radius 1 is 1.62 bits per heavy atom. The number of hydrogen-bond acceptors (Lipinski definition) is 2. The predicted octanol–water partition coefficient (Wildman–Crippen LogP) is 1.98. The molecule has 0 aromatic rings. The second-order valence-electron chi connectivity index (χ2n) is 3.35. The van der Waals surface area contributed by atoms with Crippen molar-refractivity contribution in [3.63, 3.8) is 0 Å². The van der Waals surface area contributed by atoms with Gasteiger partial charge in [0.2, 0.25) is 5.91 Å². The van der Waals surface area contributed by atoms with Crippen LogP contribution in [0, 0.1) is 5.92 Å². The maximum absolute atomic E-state index is 11.7. The van der Waals surface area contributed by atoms with E-state index in [0.717, 1.165) is 0 Å². The summed E-state index contributed by atoms with van der Waals surface area (Å²) in [4.78, 5) is 13.5. The van der Waals surface area contributed by atoms with Gasteiger partial charge in [-0.3, -0.25) is 4.79 Å². The van der Waals surface area contributed by atoms with Gasteiger partial charge in [-0.25, -0.2) is 0 Å². The van der Waals surface area contributed by atoms with Crippen molar-refractivity contribution in [2.75, 3.05) is 13.1 Å². The van der Waals surface area contributed by atoms with Crippen molar-refractivity contribution in [3.05, 3.63) is 12.7 Å². The molecule has 2 nitrogen and oxygen atoms in total. The van der Waals surface area contributed by atoms with Crippen LogP contribution in [0.5, 0.6) is 0 Å². The average molecular weight is 201 g/mol. The number of rotatable bonds is 5. The minimum atomic E-state index is -0.195. The third-order valence-electron chi connectivity index (χ3n) is 1.93. The van der Waals surface area contributed by atoms with Gasteiger partial charge in [0.05, 0.1) is 5.25 Å². The minimum absolute atomic E-state index is 0.0979. The Labute approximate surface area is 86.4 Å². The summed E-state index contributed by atoms with van der Waals surface area (Å²) in [5.41, 5.74) is 0. The summed E-state index contributed by atoms with van der Waals surface area (Å²) in [6.07, 6.45) is 1.74. The quantitative estimate of drug-likeness (QED) is 0.532. The first kappa shape index (κ1) is 12.6. The van der Waals surface area contributed by atoms with Crippen LogP contribution in [0.25, 0.3) is 0 Å². The summed E-state index contributed by atoms with van der Waals surface area (Å²) in [7, 11) is 0. The lowest BCUT2D eigenvalue weighted by Crippen LogP contribution is -2.38. The first-order valence-electron chi connectivity index (χ1n) is 4.62. The van der Waals surface area contributed by atoms with Crippen molar-refractivity contribution in [3.8, 4) is 0 Å². The van der Waals surface area contributed by atoms with Gasteiger partial charge >= 0.3 is 0 Å². The number of carbonyl (C=O) groups is 1. The molecule has 0 fully saturated rings. The Balaban J connectivity index is 4.27. The van der Waals surface area contributed by atoms with Gasteiger partial charge in [-0.1, -0.05) is 19.9 Å². The summed E-state index contributed by atoms with van der Waals surface area (Å²) < 4.78 is 0. The van der Waals surface area contributed by atoms with Crippen LogP contribution in [0.2, 0.25) is 0 Å². The second kappa shape index (κ2) is 6.08. The molecule has 0 spiro atoms. The molecule has 0 heterocycles. The van der Waals surface area contributed by atoms with Crippen LogP contribution in [0.3, 0.4) is 0 Å². The number of carbonyl (C=O) groups excluding carboxylic acids is 1. The Morgan fingerprint density at radius 2 is 2.15 bits per heavy atom. The summed E-state index contributed by atoms with van der Waals surface area (Å²) in [5, 5.41) is -0.195. The molecule has 0 radical (unpaired) electrons. The molecule has 0 aliphatic carbocycles. The highest BCUT2D eigenvalue weighted by Crippen LogP contribution is 2.12.